The molecule has 3 nitrogen and oxygen atoms in total. The van der Waals surface area contributed by atoms with Crippen LogP contribution in [0.4, 0.5) is 5.69 Å². The van der Waals surface area contributed by atoms with Crippen LogP contribution in [0.2, 0.25) is 0 Å². The van der Waals surface area contributed by atoms with Crippen molar-refractivity contribution in [1.82, 2.24) is 10.3 Å². The van der Waals surface area contributed by atoms with Crippen LogP contribution in [0.5, 0.6) is 0 Å². The second-order valence-corrected chi connectivity index (χ2v) is 6.60. The molecule has 110 valence electrons. The summed E-state index contributed by atoms with van der Waals surface area (Å²) in [5.74, 6) is 0.915. The summed E-state index contributed by atoms with van der Waals surface area (Å²) < 4.78 is 0. The summed E-state index contributed by atoms with van der Waals surface area (Å²) in [6.07, 6.45) is 11.9. The predicted molar refractivity (Wildman–Crippen MR) is 84.0 cm³/mol. The minimum atomic E-state index is 0.725. The van der Waals surface area contributed by atoms with Gasteiger partial charge in [-0.25, -0.2) is 0 Å². The van der Waals surface area contributed by atoms with Crippen LogP contribution in [0.3, 0.4) is 0 Å². The number of hydrogen-bond acceptors (Lipinski definition) is 3. The normalized spacial score (nSPS) is 28.6. The summed E-state index contributed by atoms with van der Waals surface area (Å²) in [7, 11) is 0. The van der Waals surface area contributed by atoms with Gasteiger partial charge in [0.1, 0.15) is 0 Å². The first kappa shape index (κ1) is 13.9. The predicted octanol–water partition coefficient (Wildman–Crippen LogP) is 3.22. The van der Waals surface area contributed by atoms with Gasteiger partial charge in [-0.15, -0.1) is 0 Å². The average molecular weight is 273 g/mol. The summed E-state index contributed by atoms with van der Waals surface area (Å²) in [6, 6.07) is 5.74. The third-order valence-corrected chi connectivity index (χ3v) is 4.93. The van der Waals surface area contributed by atoms with E-state index in [0.717, 1.165) is 18.0 Å². The smallest absolute Gasteiger partial charge is 0.0397 e. The van der Waals surface area contributed by atoms with E-state index in [9.17, 15) is 0 Å². The van der Waals surface area contributed by atoms with Gasteiger partial charge in [0.2, 0.25) is 0 Å². The zero-order valence-electron chi connectivity index (χ0n) is 12.6. The molecule has 2 unspecified atom stereocenters. The van der Waals surface area contributed by atoms with E-state index in [-0.39, 0.29) is 0 Å². The summed E-state index contributed by atoms with van der Waals surface area (Å²) in [6.45, 7) is 4.74. The van der Waals surface area contributed by atoms with Crippen molar-refractivity contribution in [3.05, 3.63) is 24.5 Å². The highest BCUT2D eigenvalue weighted by Crippen LogP contribution is 2.25. The van der Waals surface area contributed by atoms with Crippen LogP contribution >= 0.6 is 0 Å². The number of nitrogens with zero attached hydrogens (tertiary/aromatic N) is 2. The maximum atomic E-state index is 4.10. The van der Waals surface area contributed by atoms with E-state index >= 15 is 0 Å². The van der Waals surface area contributed by atoms with Gasteiger partial charge in [-0.3, -0.25) is 4.98 Å². The van der Waals surface area contributed by atoms with Gasteiger partial charge in [-0.2, -0.15) is 0 Å². The van der Waals surface area contributed by atoms with Crippen LogP contribution in [0.15, 0.2) is 24.5 Å². The second kappa shape index (κ2) is 6.57. The third kappa shape index (κ3) is 3.51. The first-order chi connectivity index (χ1) is 9.81. The fourth-order valence-corrected chi connectivity index (χ4v) is 3.78. The Bertz CT molecular complexity index is 398. The topological polar surface area (TPSA) is 28.2 Å². The minimum Gasteiger partial charge on any atom is -0.371 e. The molecule has 2 aliphatic rings. The quantitative estimate of drug-likeness (QED) is 0.916. The molecular weight excluding hydrogens is 246 g/mol. The van der Waals surface area contributed by atoms with Gasteiger partial charge in [0.25, 0.3) is 0 Å². The van der Waals surface area contributed by atoms with Crippen molar-refractivity contribution in [3.8, 4) is 0 Å². The molecule has 3 heteroatoms. The molecular formula is C17H27N3. The molecule has 1 aliphatic carbocycles. The molecule has 1 aromatic rings. The van der Waals surface area contributed by atoms with Crippen molar-refractivity contribution in [1.29, 1.82) is 0 Å². The van der Waals surface area contributed by atoms with Gasteiger partial charge < -0.3 is 10.2 Å². The molecule has 0 radical (unpaired) electrons. The van der Waals surface area contributed by atoms with E-state index in [4.69, 9.17) is 0 Å². The molecule has 0 amide bonds. The highest BCUT2D eigenvalue weighted by Gasteiger charge is 2.24. The summed E-state index contributed by atoms with van der Waals surface area (Å²) in [5, 5.41) is 3.92. The lowest BCUT2D eigenvalue weighted by Gasteiger charge is -2.37. The fourth-order valence-electron chi connectivity index (χ4n) is 3.78. The maximum Gasteiger partial charge on any atom is 0.0397 e. The van der Waals surface area contributed by atoms with Gasteiger partial charge in [0, 0.05) is 43.3 Å². The van der Waals surface area contributed by atoms with Crippen molar-refractivity contribution >= 4 is 5.69 Å². The van der Waals surface area contributed by atoms with E-state index in [0.29, 0.717) is 0 Å². The van der Waals surface area contributed by atoms with E-state index in [1.54, 1.807) is 0 Å². The van der Waals surface area contributed by atoms with Crippen LogP contribution in [0, 0.1) is 5.92 Å². The van der Waals surface area contributed by atoms with Crippen LogP contribution in [0.1, 0.15) is 45.4 Å². The largest absolute Gasteiger partial charge is 0.371 e. The lowest BCUT2D eigenvalue weighted by atomic mass is 9.86. The van der Waals surface area contributed by atoms with Crippen molar-refractivity contribution < 1.29 is 0 Å². The highest BCUT2D eigenvalue weighted by atomic mass is 15.1. The Hall–Kier alpha value is -1.09. The molecule has 1 saturated heterocycles. The number of anilines is 1. The molecule has 20 heavy (non-hydrogen) atoms. The van der Waals surface area contributed by atoms with E-state index in [1.807, 2.05) is 12.4 Å². The van der Waals surface area contributed by atoms with E-state index in [2.05, 4.69) is 34.3 Å². The highest BCUT2D eigenvalue weighted by molar-refractivity contribution is 5.44. The monoisotopic (exact) mass is 273 g/mol. The molecule has 1 aliphatic heterocycles. The summed E-state index contributed by atoms with van der Waals surface area (Å²) in [5.41, 5.74) is 1.32. The van der Waals surface area contributed by atoms with Gasteiger partial charge in [-0.05, 0) is 43.7 Å². The number of nitrogens with one attached hydrogen (secondary N) is 1. The Labute approximate surface area is 122 Å². The number of pyridine rings is 1. The molecule has 0 aromatic carbocycles. The minimum absolute atomic E-state index is 0.725. The second-order valence-electron chi connectivity index (χ2n) is 6.60. The van der Waals surface area contributed by atoms with Crippen LogP contribution < -0.4 is 10.2 Å². The molecule has 3 rings (SSSR count). The first-order valence-electron chi connectivity index (χ1n) is 8.22. The Balaban J connectivity index is 1.46. The van der Waals surface area contributed by atoms with Gasteiger partial charge in [0.05, 0.1) is 0 Å². The molecule has 1 aromatic heterocycles. The molecule has 1 saturated carbocycles. The first-order valence-corrected chi connectivity index (χ1v) is 8.22. The van der Waals surface area contributed by atoms with Gasteiger partial charge in [0.15, 0.2) is 0 Å². The average Bonchev–Trinajstić information content (AvgIpc) is 2.49. The molecule has 2 atom stereocenters. The molecule has 1 N–H and O–H groups in total. The van der Waals surface area contributed by atoms with Crippen molar-refractivity contribution in [2.24, 2.45) is 5.92 Å². The molecule has 2 heterocycles. The van der Waals surface area contributed by atoms with Crippen LogP contribution in [-0.2, 0) is 0 Å². The number of piperidine rings is 1. The molecule has 2 fully saturated rings. The van der Waals surface area contributed by atoms with Crippen molar-refractivity contribution in [3.63, 3.8) is 0 Å². The van der Waals surface area contributed by atoms with Crippen LogP contribution in [0.25, 0.3) is 0 Å². The standard InChI is InChI=1S/C17H27N3/c1-14-3-2-4-16(13-14)19-15-7-11-20(12-8-15)17-5-9-18-10-6-17/h5-6,9-10,14-16,19H,2-4,7-8,11-13H2,1H3. The molecule has 0 bridgehead atoms. The van der Waals surface area contributed by atoms with Crippen LogP contribution in [-0.4, -0.2) is 30.2 Å². The SMILES string of the molecule is CC1CCCC(NC2CCN(c3ccncc3)CC2)C1. The number of rotatable bonds is 3. The summed E-state index contributed by atoms with van der Waals surface area (Å²) >= 11 is 0. The Kier molecular flexibility index (Phi) is 4.56. The Morgan fingerprint density at radius 3 is 2.50 bits per heavy atom. The molecule has 0 spiro atoms. The summed E-state index contributed by atoms with van der Waals surface area (Å²) in [4.78, 5) is 6.59. The third-order valence-electron chi connectivity index (χ3n) is 4.93. The van der Waals surface area contributed by atoms with Gasteiger partial charge in [-0.1, -0.05) is 19.8 Å². The van der Waals surface area contributed by atoms with Crippen molar-refractivity contribution in [2.45, 2.75) is 57.5 Å². The fraction of sp³-hybridized carbons (Fsp3) is 0.706. The number of hydrogen-bond donors (Lipinski definition) is 1. The lowest BCUT2D eigenvalue weighted by molar-refractivity contribution is 0.264. The van der Waals surface area contributed by atoms with Crippen molar-refractivity contribution in [2.75, 3.05) is 18.0 Å². The van der Waals surface area contributed by atoms with E-state index < -0.39 is 0 Å². The Morgan fingerprint density at radius 1 is 1.05 bits per heavy atom. The van der Waals surface area contributed by atoms with E-state index in [1.165, 1.54) is 57.3 Å². The number of aromatic nitrogens is 1. The maximum absolute atomic E-state index is 4.10. The zero-order valence-corrected chi connectivity index (χ0v) is 12.6. The zero-order chi connectivity index (χ0) is 13.8. The lowest BCUT2D eigenvalue weighted by Crippen LogP contribution is -2.47. The Morgan fingerprint density at radius 2 is 1.80 bits per heavy atom. The van der Waals surface area contributed by atoms with Gasteiger partial charge >= 0.3 is 0 Å².